The Morgan fingerprint density at radius 3 is 2.27 bits per heavy atom. The maximum Gasteiger partial charge on any atom is 0.302 e. The van der Waals surface area contributed by atoms with Crippen molar-refractivity contribution in [2.24, 2.45) is 0 Å². The summed E-state index contributed by atoms with van der Waals surface area (Å²) in [6, 6.07) is 9.06. The van der Waals surface area contributed by atoms with E-state index >= 15 is 0 Å². The molecule has 0 amide bonds. The third kappa shape index (κ3) is 4.15. The molecule has 0 aliphatic carbocycles. The summed E-state index contributed by atoms with van der Waals surface area (Å²) >= 11 is 3.47. The molecule has 0 spiro atoms. The van der Waals surface area contributed by atoms with E-state index in [0.717, 1.165) is 20.0 Å². The number of hydrogen-bond acceptors (Lipinski definition) is 5. The molecule has 118 valence electrons. The standard InChI is InChI=1S/C13H16BrN5O2S/c1-9-4-5-11(10(14)8-9)15-12-6-7-13(17-16-12)18-22(20,21)19(2)3/h4-8H,1-3H3,(H,15,16)(H,17,18). The number of benzene rings is 1. The van der Waals surface area contributed by atoms with Crippen LogP contribution in [0.1, 0.15) is 5.56 Å². The van der Waals surface area contributed by atoms with E-state index in [4.69, 9.17) is 0 Å². The van der Waals surface area contributed by atoms with E-state index in [0.29, 0.717) is 5.82 Å². The number of aromatic nitrogens is 2. The lowest BCUT2D eigenvalue weighted by molar-refractivity contribution is 0.526. The molecule has 0 unspecified atom stereocenters. The number of hydrogen-bond donors (Lipinski definition) is 2. The highest BCUT2D eigenvalue weighted by Crippen LogP contribution is 2.26. The monoisotopic (exact) mass is 385 g/mol. The highest BCUT2D eigenvalue weighted by atomic mass is 79.9. The minimum Gasteiger partial charge on any atom is -0.338 e. The number of halogens is 1. The predicted molar refractivity (Wildman–Crippen MR) is 90.4 cm³/mol. The van der Waals surface area contributed by atoms with E-state index in [-0.39, 0.29) is 5.82 Å². The normalized spacial score (nSPS) is 11.5. The summed E-state index contributed by atoms with van der Waals surface area (Å²) in [4.78, 5) is 0. The average Bonchev–Trinajstić information content (AvgIpc) is 2.43. The Balaban J connectivity index is 2.12. The minimum absolute atomic E-state index is 0.155. The van der Waals surface area contributed by atoms with Gasteiger partial charge in [0.1, 0.15) is 0 Å². The van der Waals surface area contributed by atoms with Gasteiger partial charge in [0.25, 0.3) is 0 Å². The Morgan fingerprint density at radius 1 is 1.09 bits per heavy atom. The van der Waals surface area contributed by atoms with Gasteiger partial charge in [0.2, 0.25) is 0 Å². The average molecular weight is 386 g/mol. The highest BCUT2D eigenvalue weighted by molar-refractivity contribution is 9.10. The second-order valence-corrected chi connectivity index (χ2v) is 7.54. The van der Waals surface area contributed by atoms with Crippen molar-refractivity contribution in [1.82, 2.24) is 14.5 Å². The largest absolute Gasteiger partial charge is 0.338 e. The first-order valence-corrected chi connectivity index (χ1v) is 8.58. The first-order valence-electron chi connectivity index (χ1n) is 6.35. The predicted octanol–water partition coefficient (Wildman–Crippen LogP) is 2.51. The maximum atomic E-state index is 11.7. The fraction of sp³-hybridized carbons (Fsp3) is 0.231. The van der Waals surface area contributed by atoms with Crippen LogP contribution in [0.15, 0.2) is 34.8 Å². The zero-order valence-corrected chi connectivity index (χ0v) is 14.7. The van der Waals surface area contributed by atoms with Crippen LogP contribution in [-0.2, 0) is 10.2 Å². The summed E-state index contributed by atoms with van der Waals surface area (Å²) in [5, 5.41) is 10.9. The van der Waals surface area contributed by atoms with Crippen molar-refractivity contribution in [3.8, 4) is 0 Å². The molecular weight excluding hydrogens is 370 g/mol. The van der Waals surface area contributed by atoms with E-state index < -0.39 is 10.2 Å². The SMILES string of the molecule is Cc1ccc(Nc2ccc(NS(=O)(=O)N(C)C)nn2)c(Br)c1. The summed E-state index contributed by atoms with van der Waals surface area (Å²) in [7, 11) is -0.719. The molecule has 1 aromatic carbocycles. The molecule has 0 saturated heterocycles. The van der Waals surface area contributed by atoms with Crippen molar-refractivity contribution < 1.29 is 8.42 Å². The highest BCUT2D eigenvalue weighted by Gasteiger charge is 2.14. The molecule has 0 aliphatic rings. The quantitative estimate of drug-likeness (QED) is 0.825. The molecule has 7 nitrogen and oxygen atoms in total. The summed E-state index contributed by atoms with van der Waals surface area (Å²) in [6.07, 6.45) is 0. The van der Waals surface area contributed by atoms with Gasteiger partial charge >= 0.3 is 10.2 Å². The summed E-state index contributed by atoms with van der Waals surface area (Å²) in [5.74, 6) is 0.666. The Labute approximate surface area is 138 Å². The van der Waals surface area contributed by atoms with E-state index in [9.17, 15) is 8.42 Å². The molecular formula is C13H16BrN5O2S. The second kappa shape index (κ2) is 6.59. The van der Waals surface area contributed by atoms with Crippen LogP contribution in [0.2, 0.25) is 0 Å². The third-order valence-corrected chi connectivity index (χ3v) is 4.85. The first kappa shape index (κ1) is 16.7. The van der Waals surface area contributed by atoms with Crippen molar-refractivity contribution in [2.45, 2.75) is 6.92 Å². The third-order valence-electron chi connectivity index (χ3n) is 2.77. The van der Waals surface area contributed by atoms with Crippen molar-refractivity contribution in [3.05, 3.63) is 40.4 Å². The van der Waals surface area contributed by atoms with Gasteiger partial charge in [-0.3, -0.25) is 4.72 Å². The van der Waals surface area contributed by atoms with Crippen LogP contribution in [0, 0.1) is 6.92 Å². The molecule has 0 atom stereocenters. The number of aryl methyl sites for hydroxylation is 1. The summed E-state index contributed by atoms with van der Waals surface area (Å²) < 4.78 is 27.6. The van der Waals surface area contributed by atoms with Gasteiger partial charge in [-0.2, -0.15) is 12.7 Å². The fourth-order valence-electron chi connectivity index (χ4n) is 1.54. The first-order chi connectivity index (χ1) is 10.3. The smallest absolute Gasteiger partial charge is 0.302 e. The Hall–Kier alpha value is -1.71. The van der Waals surface area contributed by atoms with Gasteiger partial charge in [0.15, 0.2) is 11.6 Å². The molecule has 2 N–H and O–H groups in total. The molecule has 0 radical (unpaired) electrons. The molecule has 2 aromatic rings. The van der Waals surface area contributed by atoms with Crippen molar-refractivity contribution in [2.75, 3.05) is 24.1 Å². The van der Waals surface area contributed by atoms with E-state index in [2.05, 4.69) is 36.2 Å². The number of anilines is 3. The number of rotatable bonds is 5. The minimum atomic E-state index is -3.58. The number of nitrogens with zero attached hydrogens (tertiary/aromatic N) is 3. The zero-order valence-electron chi connectivity index (χ0n) is 12.3. The lowest BCUT2D eigenvalue weighted by atomic mass is 10.2. The van der Waals surface area contributed by atoms with Crippen LogP contribution in [0.25, 0.3) is 0 Å². The lowest BCUT2D eigenvalue weighted by Crippen LogP contribution is -2.29. The van der Waals surface area contributed by atoms with Gasteiger partial charge in [-0.05, 0) is 52.7 Å². The maximum absolute atomic E-state index is 11.7. The molecule has 9 heteroatoms. The van der Waals surface area contributed by atoms with Gasteiger partial charge in [-0.1, -0.05) is 6.07 Å². The van der Waals surface area contributed by atoms with Gasteiger partial charge in [-0.25, -0.2) is 0 Å². The van der Waals surface area contributed by atoms with Gasteiger partial charge in [-0.15, -0.1) is 10.2 Å². The summed E-state index contributed by atoms with van der Waals surface area (Å²) in [5.41, 5.74) is 1.98. The Kier molecular flexibility index (Phi) is 4.99. The van der Waals surface area contributed by atoms with Crippen LogP contribution in [0.3, 0.4) is 0 Å². The molecule has 1 heterocycles. The Bertz CT molecular complexity index is 762. The molecule has 0 aliphatic heterocycles. The molecule has 1 aromatic heterocycles. The molecule has 0 bridgehead atoms. The van der Waals surface area contributed by atoms with Crippen LogP contribution in [0.4, 0.5) is 17.3 Å². The van der Waals surface area contributed by atoms with Crippen LogP contribution in [0.5, 0.6) is 0 Å². The van der Waals surface area contributed by atoms with Gasteiger partial charge in [0.05, 0.1) is 5.69 Å². The molecule has 22 heavy (non-hydrogen) atoms. The van der Waals surface area contributed by atoms with Gasteiger partial charge in [0, 0.05) is 18.6 Å². The van der Waals surface area contributed by atoms with Crippen molar-refractivity contribution in [1.29, 1.82) is 0 Å². The zero-order chi connectivity index (χ0) is 16.3. The van der Waals surface area contributed by atoms with Crippen molar-refractivity contribution >= 4 is 43.5 Å². The molecule has 0 fully saturated rings. The van der Waals surface area contributed by atoms with E-state index in [1.165, 1.54) is 14.1 Å². The van der Waals surface area contributed by atoms with Crippen LogP contribution >= 0.6 is 15.9 Å². The van der Waals surface area contributed by atoms with Gasteiger partial charge < -0.3 is 5.32 Å². The lowest BCUT2D eigenvalue weighted by Gasteiger charge is -2.12. The van der Waals surface area contributed by atoms with E-state index in [1.807, 2.05) is 25.1 Å². The van der Waals surface area contributed by atoms with Crippen LogP contribution < -0.4 is 10.0 Å². The topological polar surface area (TPSA) is 87.2 Å². The van der Waals surface area contributed by atoms with Crippen LogP contribution in [-0.4, -0.2) is 37.0 Å². The molecule has 2 rings (SSSR count). The van der Waals surface area contributed by atoms with E-state index in [1.54, 1.807) is 12.1 Å². The second-order valence-electron chi connectivity index (χ2n) is 4.80. The number of nitrogens with one attached hydrogen (secondary N) is 2. The Morgan fingerprint density at radius 2 is 1.73 bits per heavy atom. The van der Waals surface area contributed by atoms with Crippen molar-refractivity contribution in [3.63, 3.8) is 0 Å². The molecule has 0 saturated carbocycles. The summed E-state index contributed by atoms with van der Waals surface area (Å²) in [6.45, 7) is 2.00. The fourth-order valence-corrected chi connectivity index (χ4v) is 2.68.